The fourth-order valence-corrected chi connectivity index (χ4v) is 4.71. The van der Waals surface area contributed by atoms with Gasteiger partial charge in [-0.2, -0.15) is 0 Å². The molecular weight excluding hydrogens is 303 g/mol. The lowest BCUT2D eigenvalue weighted by molar-refractivity contribution is -0.142. The summed E-state index contributed by atoms with van der Waals surface area (Å²) in [5.74, 6) is -1.27. The third kappa shape index (κ3) is 1.61. The number of alkyl halides is 2. The van der Waals surface area contributed by atoms with Crippen LogP contribution in [-0.4, -0.2) is 36.9 Å². The second-order valence-corrected chi connectivity index (χ2v) is 6.30. The molecule has 0 aromatic heterocycles. The molecule has 0 heterocycles. The van der Waals surface area contributed by atoms with Gasteiger partial charge in [0.05, 0.1) is 36.1 Å². The van der Waals surface area contributed by atoms with Gasteiger partial charge in [-0.25, -0.2) is 9.59 Å². The second kappa shape index (κ2) is 4.78. The molecule has 0 aromatic rings. The topological polar surface area (TPSA) is 52.6 Å². The number of allylic oxidation sites excluding steroid dienone is 2. The van der Waals surface area contributed by atoms with E-state index in [-0.39, 0.29) is 34.4 Å². The predicted octanol–water partition coefficient (Wildman–Crippen LogP) is 1.91. The number of carbonyl (C=O) groups is 2. The Morgan fingerprint density at radius 1 is 0.900 bits per heavy atom. The van der Waals surface area contributed by atoms with Crippen molar-refractivity contribution in [1.82, 2.24) is 0 Å². The van der Waals surface area contributed by atoms with Gasteiger partial charge in [0, 0.05) is 11.8 Å². The molecule has 20 heavy (non-hydrogen) atoms. The molecule has 4 aliphatic carbocycles. The number of esters is 2. The molecule has 0 unspecified atom stereocenters. The van der Waals surface area contributed by atoms with E-state index >= 15 is 0 Å². The quantitative estimate of drug-likeness (QED) is 0.443. The molecule has 0 amide bonds. The molecule has 0 aromatic carbocycles. The molecule has 6 heteroatoms. The van der Waals surface area contributed by atoms with Crippen molar-refractivity contribution in [1.29, 1.82) is 0 Å². The minimum atomic E-state index is -0.495. The lowest BCUT2D eigenvalue weighted by Gasteiger charge is -2.57. The number of methoxy groups -OCH3 is 2. The maximum atomic E-state index is 12.1. The Kier molecular flexibility index (Phi) is 3.33. The second-order valence-electron chi connectivity index (χ2n) is 5.29. The van der Waals surface area contributed by atoms with E-state index in [0.29, 0.717) is 11.1 Å². The van der Waals surface area contributed by atoms with Gasteiger partial charge in [-0.1, -0.05) is 12.2 Å². The molecule has 1 saturated carbocycles. The van der Waals surface area contributed by atoms with Crippen molar-refractivity contribution >= 4 is 35.1 Å². The molecule has 108 valence electrons. The van der Waals surface area contributed by atoms with Crippen molar-refractivity contribution in [2.45, 2.75) is 10.8 Å². The predicted molar refractivity (Wildman–Crippen MR) is 73.4 cm³/mol. The van der Waals surface area contributed by atoms with E-state index in [1.807, 2.05) is 12.2 Å². The smallest absolute Gasteiger partial charge is 0.334 e. The number of ether oxygens (including phenoxy) is 2. The molecule has 0 saturated heterocycles. The third-order valence-electron chi connectivity index (χ3n) is 4.61. The van der Waals surface area contributed by atoms with Crippen LogP contribution in [0.15, 0.2) is 23.3 Å². The molecule has 0 N–H and O–H groups in total. The third-order valence-corrected chi connectivity index (χ3v) is 5.86. The zero-order chi connectivity index (χ0) is 14.6. The van der Waals surface area contributed by atoms with Gasteiger partial charge in [0.2, 0.25) is 0 Å². The highest BCUT2D eigenvalue weighted by atomic mass is 35.5. The summed E-state index contributed by atoms with van der Waals surface area (Å²) in [6.45, 7) is 0. The number of carbonyl (C=O) groups excluding carboxylic acids is 2. The summed E-state index contributed by atoms with van der Waals surface area (Å²) < 4.78 is 9.64. The number of rotatable bonds is 2. The molecule has 4 nitrogen and oxygen atoms in total. The first-order valence-corrected chi connectivity index (χ1v) is 7.27. The van der Waals surface area contributed by atoms with Crippen LogP contribution in [0, 0.1) is 23.7 Å². The highest BCUT2D eigenvalue weighted by Crippen LogP contribution is 2.60. The summed E-state index contributed by atoms with van der Waals surface area (Å²) in [5, 5.41) is -0.393. The van der Waals surface area contributed by atoms with Gasteiger partial charge in [-0.15, -0.1) is 23.2 Å². The molecule has 1 fully saturated rings. The molecule has 6 atom stereocenters. The van der Waals surface area contributed by atoms with Crippen LogP contribution in [0.4, 0.5) is 0 Å². The summed E-state index contributed by atoms with van der Waals surface area (Å²) in [6, 6.07) is 0. The van der Waals surface area contributed by atoms with Crippen LogP contribution in [0.25, 0.3) is 0 Å². The highest BCUT2D eigenvalue weighted by Gasteiger charge is 2.62. The summed E-state index contributed by atoms with van der Waals surface area (Å²) in [6.07, 6.45) is 3.87. The minimum absolute atomic E-state index is 0.0803. The summed E-state index contributed by atoms with van der Waals surface area (Å²) in [7, 11) is 2.61. The van der Waals surface area contributed by atoms with Gasteiger partial charge in [-0.3, -0.25) is 0 Å². The number of hydrogen-bond acceptors (Lipinski definition) is 4. The minimum Gasteiger partial charge on any atom is -0.466 e. The fourth-order valence-electron chi connectivity index (χ4n) is 3.72. The molecular formula is C14H14Cl2O4. The normalized spacial score (nSPS) is 41.0. The Morgan fingerprint density at radius 3 is 1.55 bits per heavy atom. The zero-order valence-electron chi connectivity index (χ0n) is 11.0. The first-order valence-electron chi connectivity index (χ1n) is 6.40. The SMILES string of the molecule is COC(=O)C1=C(C(=O)OC)[C@@H]2C=C[C@@H]1[C@H]1[C@H](Cl)[C@H](Cl)[C@@H]12. The van der Waals surface area contributed by atoms with Crippen molar-refractivity contribution in [3.8, 4) is 0 Å². The Bertz CT molecular complexity index is 493. The van der Waals surface area contributed by atoms with Crippen LogP contribution in [0.2, 0.25) is 0 Å². The van der Waals surface area contributed by atoms with E-state index in [2.05, 4.69) is 0 Å². The van der Waals surface area contributed by atoms with E-state index < -0.39 is 11.9 Å². The highest BCUT2D eigenvalue weighted by molar-refractivity contribution is 6.32. The largest absolute Gasteiger partial charge is 0.466 e. The zero-order valence-corrected chi connectivity index (χ0v) is 12.5. The summed E-state index contributed by atoms with van der Waals surface area (Å²) in [4.78, 5) is 24.1. The van der Waals surface area contributed by atoms with Crippen molar-refractivity contribution < 1.29 is 19.1 Å². The van der Waals surface area contributed by atoms with Gasteiger partial charge < -0.3 is 9.47 Å². The van der Waals surface area contributed by atoms with Gasteiger partial charge in [-0.05, 0) is 11.8 Å². The van der Waals surface area contributed by atoms with Gasteiger partial charge >= 0.3 is 11.9 Å². The van der Waals surface area contributed by atoms with Crippen molar-refractivity contribution in [2.75, 3.05) is 14.2 Å². The average molecular weight is 317 g/mol. The Labute approximate surface area is 126 Å². The first kappa shape index (κ1) is 14.0. The van der Waals surface area contributed by atoms with E-state index in [1.54, 1.807) is 0 Å². The van der Waals surface area contributed by atoms with Crippen LogP contribution in [0.3, 0.4) is 0 Å². The van der Waals surface area contributed by atoms with Gasteiger partial charge in [0.25, 0.3) is 0 Å². The van der Waals surface area contributed by atoms with E-state index in [9.17, 15) is 9.59 Å². The molecule has 0 radical (unpaired) electrons. The maximum Gasteiger partial charge on any atom is 0.334 e. The van der Waals surface area contributed by atoms with Crippen LogP contribution < -0.4 is 0 Å². The average Bonchev–Trinajstić information content (AvgIpc) is 2.50. The fraction of sp³-hybridized carbons (Fsp3) is 0.571. The number of halogens is 2. The van der Waals surface area contributed by atoms with E-state index in [0.717, 1.165) is 0 Å². The van der Waals surface area contributed by atoms with Crippen LogP contribution in [0.5, 0.6) is 0 Å². The molecule has 4 aliphatic rings. The van der Waals surface area contributed by atoms with Crippen molar-refractivity contribution in [3.63, 3.8) is 0 Å². The van der Waals surface area contributed by atoms with Crippen LogP contribution >= 0.6 is 23.2 Å². The molecule has 0 aliphatic heterocycles. The number of hydrogen-bond donors (Lipinski definition) is 0. The monoisotopic (exact) mass is 316 g/mol. The Hall–Kier alpha value is -1.00. The molecule has 0 spiro atoms. The molecule has 4 rings (SSSR count). The van der Waals surface area contributed by atoms with Crippen molar-refractivity contribution in [3.05, 3.63) is 23.3 Å². The lowest BCUT2D eigenvalue weighted by atomic mass is 9.51. The standard InChI is InChI=1S/C14H14Cl2O4/c1-19-13(17)9-5-3-4-6(10(9)14(18)20-2)8-7(5)11(15)12(8)16/h3-8,11-12H,1-2H3/t5-,6-,7-,8-,11-,12+/m1/s1. The van der Waals surface area contributed by atoms with Crippen LogP contribution in [-0.2, 0) is 19.1 Å². The Balaban J connectivity index is 2.11. The first-order chi connectivity index (χ1) is 9.52. The Morgan fingerprint density at radius 2 is 1.25 bits per heavy atom. The maximum absolute atomic E-state index is 12.1. The van der Waals surface area contributed by atoms with E-state index in [1.165, 1.54) is 14.2 Å². The summed E-state index contributed by atoms with van der Waals surface area (Å²) >= 11 is 12.6. The van der Waals surface area contributed by atoms with Gasteiger partial charge in [0.15, 0.2) is 0 Å². The molecule has 2 bridgehead atoms. The van der Waals surface area contributed by atoms with E-state index in [4.69, 9.17) is 32.7 Å². The lowest BCUT2D eigenvalue weighted by Crippen LogP contribution is -2.61. The van der Waals surface area contributed by atoms with Gasteiger partial charge in [0.1, 0.15) is 0 Å². The van der Waals surface area contributed by atoms with Crippen molar-refractivity contribution in [2.24, 2.45) is 23.7 Å². The van der Waals surface area contributed by atoms with Crippen LogP contribution in [0.1, 0.15) is 0 Å². The summed E-state index contributed by atoms with van der Waals surface area (Å²) in [5.41, 5.74) is 0.754.